The molecule has 4 heteroatoms. The molecule has 1 N–H and O–H groups in total. The zero-order valence-electron chi connectivity index (χ0n) is 12.6. The summed E-state index contributed by atoms with van der Waals surface area (Å²) in [5.41, 5.74) is 2.54. The minimum absolute atomic E-state index is 0.748. The summed E-state index contributed by atoms with van der Waals surface area (Å²) >= 11 is 0. The number of ether oxygens (including phenoxy) is 1. The molecule has 1 aromatic rings. The first-order valence-corrected chi connectivity index (χ1v) is 7.60. The molecule has 110 valence electrons. The van der Waals surface area contributed by atoms with Gasteiger partial charge in [0, 0.05) is 38.8 Å². The molecule has 2 fully saturated rings. The Morgan fingerprint density at radius 1 is 1.20 bits per heavy atom. The third-order valence-electron chi connectivity index (χ3n) is 4.26. The monoisotopic (exact) mass is 275 g/mol. The average Bonchev–Trinajstić information content (AvgIpc) is 3.30. The van der Waals surface area contributed by atoms with Crippen LogP contribution in [0.5, 0.6) is 5.75 Å². The molecule has 3 rings (SSSR count). The van der Waals surface area contributed by atoms with Gasteiger partial charge >= 0.3 is 0 Å². The first-order valence-electron chi connectivity index (χ1n) is 7.60. The fourth-order valence-corrected chi connectivity index (χ4v) is 2.69. The van der Waals surface area contributed by atoms with E-state index in [0.29, 0.717) is 0 Å². The lowest BCUT2D eigenvalue weighted by molar-refractivity contribution is 0.311. The number of nitrogens with zero attached hydrogens (tertiary/aromatic N) is 2. The minimum atomic E-state index is 0.748. The van der Waals surface area contributed by atoms with Crippen LogP contribution in [0.25, 0.3) is 0 Å². The SMILES string of the molecule is COc1cc(CNC2CC2)ccc1N1CCN(C)CC1. The van der Waals surface area contributed by atoms with Crippen LogP contribution in [0.4, 0.5) is 5.69 Å². The highest BCUT2D eigenvalue weighted by Gasteiger charge is 2.21. The predicted molar refractivity (Wildman–Crippen MR) is 82.6 cm³/mol. The van der Waals surface area contributed by atoms with Crippen LogP contribution in [0.2, 0.25) is 0 Å². The highest BCUT2D eigenvalue weighted by molar-refractivity contribution is 5.60. The Morgan fingerprint density at radius 2 is 1.95 bits per heavy atom. The lowest BCUT2D eigenvalue weighted by Gasteiger charge is -2.34. The molecule has 4 nitrogen and oxygen atoms in total. The van der Waals surface area contributed by atoms with Crippen molar-refractivity contribution in [2.24, 2.45) is 0 Å². The number of piperazine rings is 1. The molecule has 1 aromatic carbocycles. The summed E-state index contributed by atoms with van der Waals surface area (Å²) < 4.78 is 5.61. The second kappa shape index (κ2) is 6.02. The smallest absolute Gasteiger partial charge is 0.142 e. The van der Waals surface area contributed by atoms with Crippen LogP contribution < -0.4 is 15.0 Å². The summed E-state index contributed by atoms with van der Waals surface area (Å²) in [7, 11) is 3.95. The summed E-state index contributed by atoms with van der Waals surface area (Å²) in [5.74, 6) is 1.00. The second-order valence-electron chi connectivity index (χ2n) is 5.95. The lowest BCUT2D eigenvalue weighted by Crippen LogP contribution is -2.44. The number of benzene rings is 1. The van der Waals surface area contributed by atoms with E-state index in [2.05, 4.69) is 40.4 Å². The summed E-state index contributed by atoms with van der Waals surface area (Å²) in [4.78, 5) is 4.80. The molecule has 0 spiro atoms. The van der Waals surface area contributed by atoms with Crippen molar-refractivity contribution >= 4 is 5.69 Å². The van der Waals surface area contributed by atoms with Crippen LogP contribution in [-0.2, 0) is 6.54 Å². The van der Waals surface area contributed by atoms with Crippen LogP contribution in [0.3, 0.4) is 0 Å². The van der Waals surface area contributed by atoms with Gasteiger partial charge in [0.05, 0.1) is 12.8 Å². The van der Waals surface area contributed by atoms with Gasteiger partial charge in [0.2, 0.25) is 0 Å². The lowest BCUT2D eigenvalue weighted by atomic mass is 10.1. The third-order valence-corrected chi connectivity index (χ3v) is 4.26. The molecule has 0 unspecified atom stereocenters. The first-order chi connectivity index (χ1) is 9.76. The molecule has 1 aliphatic heterocycles. The van der Waals surface area contributed by atoms with E-state index in [-0.39, 0.29) is 0 Å². The fourth-order valence-electron chi connectivity index (χ4n) is 2.69. The van der Waals surface area contributed by atoms with Gasteiger partial charge in [0.25, 0.3) is 0 Å². The molecule has 2 aliphatic rings. The third kappa shape index (κ3) is 3.25. The highest BCUT2D eigenvalue weighted by atomic mass is 16.5. The van der Waals surface area contributed by atoms with E-state index >= 15 is 0 Å². The maximum absolute atomic E-state index is 5.61. The minimum Gasteiger partial charge on any atom is -0.495 e. The van der Waals surface area contributed by atoms with E-state index < -0.39 is 0 Å². The quantitative estimate of drug-likeness (QED) is 0.885. The van der Waals surface area contributed by atoms with Gasteiger partial charge < -0.3 is 19.9 Å². The number of likely N-dealkylation sites (N-methyl/N-ethyl adjacent to an activating group) is 1. The van der Waals surface area contributed by atoms with E-state index in [9.17, 15) is 0 Å². The van der Waals surface area contributed by atoms with E-state index in [1.54, 1.807) is 7.11 Å². The van der Waals surface area contributed by atoms with Crippen molar-refractivity contribution in [2.75, 3.05) is 45.2 Å². The molecule has 0 aromatic heterocycles. The zero-order chi connectivity index (χ0) is 13.9. The Hall–Kier alpha value is -1.26. The molecular formula is C16H25N3O. The van der Waals surface area contributed by atoms with Crippen molar-refractivity contribution < 1.29 is 4.74 Å². The first kappa shape index (κ1) is 13.7. The maximum Gasteiger partial charge on any atom is 0.142 e. The number of nitrogens with one attached hydrogen (secondary N) is 1. The fraction of sp³-hybridized carbons (Fsp3) is 0.625. The van der Waals surface area contributed by atoms with E-state index in [0.717, 1.165) is 44.5 Å². The molecule has 1 aliphatic carbocycles. The van der Waals surface area contributed by atoms with Crippen molar-refractivity contribution in [1.82, 2.24) is 10.2 Å². The van der Waals surface area contributed by atoms with Gasteiger partial charge in [0.15, 0.2) is 0 Å². The molecule has 1 saturated heterocycles. The molecule has 1 heterocycles. The predicted octanol–water partition coefficient (Wildman–Crippen LogP) is 1.70. The van der Waals surface area contributed by atoms with Gasteiger partial charge in [-0.25, -0.2) is 0 Å². The van der Waals surface area contributed by atoms with Gasteiger partial charge in [-0.1, -0.05) is 6.07 Å². The number of methoxy groups -OCH3 is 1. The molecular weight excluding hydrogens is 250 g/mol. The summed E-state index contributed by atoms with van der Waals surface area (Å²) in [6.45, 7) is 5.34. The Kier molecular flexibility index (Phi) is 4.13. The Labute approximate surface area is 121 Å². The Morgan fingerprint density at radius 3 is 2.60 bits per heavy atom. The van der Waals surface area contributed by atoms with Crippen molar-refractivity contribution in [3.63, 3.8) is 0 Å². The molecule has 20 heavy (non-hydrogen) atoms. The van der Waals surface area contributed by atoms with Crippen molar-refractivity contribution in [3.8, 4) is 5.75 Å². The van der Waals surface area contributed by atoms with Crippen LogP contribution in [0.1, 0.15) is 18.4 Å². The van der Waals surface area contributed by atoms with Gasteiger partial charge in [0.1, 0.15) is 5.75 Å². The number of hydrogen-bond acceptors (Lipinski definition) is 4. The topological polar surface area (TPSA) is 27.7 Å². The highest BCUT2D eigenvalue weighted by Crippen LogP contribution is 2.30. The summed E-state index contributed by atoms with van der Waals surface area (Å²) in [6.07, 6.45) is 2.66. The van der Waals surface area contributed by atoms with E-state index in [1.165, 1.54) is 24.1 Å². The van der Waals surface area contributed by atoms with Crippen LogP contribution in [0, 0.1) is 0 Å². The van der Waals surface area contributed by atoms with Gasteiger partial charge in [-0.3, -0.25) is 0 Å². The largest absolute Gasteiger partial charge is 0.495 e. The summed E-state index contributed by atoms with van der Waals surface area (Å²) in [5, 5.41) is 3.55. The van der Waals surface area contributed by atoms with Crippen molar-refractivity contribution in [3.05, 3.63) is 23.8 Å². The Balaban J connectivity index is 1.69. The standard InChI is InChI=1S/C16H25N3O/c1-18-7-9-19(10-8-18)15-6-3-13(11-16(15)20-2)12-17-14-4-5-14/h3,6,11,14,17H,4-5,7-10,12H2,1-2H3. The van der Waals surface area contributed by atoms with E-state index in [1.807, 2.05) is 0 Å². The van der Waals surface area contributed by atoms with Crippen LogP contribution >= 0.6 is 0 Å². The molecule has 0 radical (unpaired) electrons. The van der Waals surface area contributed by atoms with Crippen molar-refractivity contribution in [2.45, 2.75) is 25.4 Å². The molecule has 1 saturated carbocycles. The van der Waals surface area contributed by atoms with Gasteiger partial charge in [-0.05, 0) is 37.6 Å². The van der Waals surface area contributed by atoms with E-state index in [4.69, 9.17) is 4.74 Å². The Bertz CT molecular complexity index is 451. The number of rotatable bonds is 5. The normalized spacial score (nSPS) is 20.2. The zero-order valence-corrected chi connectivity index (χ0v) is 12.6. The van der Waals surface area contributed by atoms with Gasteiger partial charge in [-0.2, -0.15) is 0 Å². The molecule has 0 bridgehead atoms. The maximum atomic E-state index is 5.61. The number of hydrogen-bond donors (Lipinski definition) is 1. The molecule has 0 atom stereocenters. The van der Waals surface area contributed by atoms with Crippen LogP contribution in [0.15, 0.2) is 18.2 Å². The summed E-state index contributed by atoms with van der Waals surface area (Å²) in [6, 6.07) is 7.38. The number of anilines is 1. The molecule has 0 amide bonds. The average molecular weight is 275 g/mol. The van der Waals surface area contributed by atoms with Gasteiger partial charge in [-0.15, -0.1) is 0 Å². The second-order valence-corrected chi connectivity index (χ2v) is 5.95. The van der Waals surface area contributed by atoms with Crippen LogP contribution in [-0.4, -0.2) is 51.3 Å². The van der Waals surface area contributed by atoms with Crippen molar-refractivity contribution in [1.29, 1.82) is 0 Å².